The molecule has 134 valence electrons. The highest BCUT2D eigenvalue weighted by Gasteiger charge is 2.31. The fourth-order valence-electron chi connectivity index (χ4n) is 4.35. The van der Waals surface area contributed by atoms with E-state index >= 15 is 0 Å². The minimum Gasteiger partial charge on any atom is -0.396 e. The number of halogens is 1. The van der Waals surface area contributed by atoms with Crippen LogP contribution in [-0.4, -0.2) is 53.2 Å². The lowest BCUT2D eigenvalue weighted by atomic mass is 10.0. The summed E-state index contributed by atoms with van der Waals surface area (Å²) in [6.07, 6.45) is 8.87. The van der Waals surface area contributed by atoms with Gasteiger partial charge in [0.2, 0.25) is 0 Å². The van der Waals surface area contributed by atoms with Crippen LogP contribution < -0.4 is 0 Å². The molecule has 1 saturated heterocycles. The number of hydrogen-bond acceptors (Lipinski definition) is 3. The van der Waals surface area contributed by atoms with Crippen LogP contribution in [0.5, 0.6) is 0 Å². The van der Waals surface area contributed by atoms with Crippen LogP contribution in [0.15, 0.2) is 24.3 Å². The molecule has 1 aliphatic carbocycles. The van der Waals surface area contributed by atoms with Gasteiger partial charge in [-0.25, -0.2) is 4.39 Å². The first kappa shape index (κ1) is 17.8. The highest BCUT2D eigenvalue weighted by Crippen LogP contribution is 2.26. The highest BCUT2D eigenvalue weighted by molar-refractivity contribution is 5.17. The van der Waals surface area contributed by atoms with Gasteiger partial charge in [0.1, 0.15) is 5.82 Å². The third-order valence-corrected chi connectivity index (χ3v) is 5.77. The van der Waals surface area contributed by atoms with Crippen molar-refractivity contribution >= 4 is 0 Å². The van der Waals surface area contributed by atoms with Gasteiger partial charge in [-0.15, -0.1) is 0 Å². The number of hydrogen-bond donors (Lipinski definition) is 1. The third kappa shape index (κ3) is 4.56. The van der Waals surface area contributed by atoms with Gasteiger partial charge in [0, 0.05) is 50.4 Å². The van der Waals surface area contributed by atoms with Crippen molar-refractivity contribution < 1.29 is 9.50 Å². The van der Waals surface area contributed by atoms with E-state index in [-0.39, 0.29) is 12.4 Å². The maximum atomic E-state index is 14.0. The van der Waals surface area contributed by atoms with Gasteiger partial charge in [0.05, 0.1) is 0 Å². The monoisotopic (exact) mass is 334 g/mol. The fraction of sp³-hybridized carbons (Fsp3) is 0.700. The van der Waals surface area contributed by atoms with Crippen LogP contribution in [-0.2, 0) is 6.54 Å². The van der Waals surface area contributed by atoms with Crippen molar-refractivity contribution in [1.29, 1.82) is 0 Å². The van der Waals surface area contributed by atoms with Gasteiger partial charge in [-0.3, -0.25) is 9.80 Å². The number of nitrogens with zero attached hydrogens (tertiary/aromatic N) is 2. The van der Waals surface area contributed by atoms with Crippen LogP contribution in [0.25, 0.3) is 0 Å². The summed E-state index contributed by atoms with van der Waals surface area (Å²) in [7, 11) is 0. The lowest BCUT2D eigenvalue weighted by molar-refractivity contribution is 0.0271. The molecule has 1 saturated carbocycles. The maximum Gasteiger partial charge on any atom is 0.127 e. The fourth-order valence-corrected chi connectivity index (χ4v) is 4.35. The van der Waals surface area contributed by atoms with Crippen LogP contribution in [0.4, 0.5) is 4.39 Å². The van der Waals surface area contributed by atoms with Crippen LogP contribution in [0.2, 0.25) is 0 Å². The first-order valence-corrected chi connectivity index (χ1v) is 9.60. The zero-order valence-electron chi connectivity index (χ0n) is 14.7. The quantitative estimate of drug-likeness (QED) is 0.836. The molecule has 24 heavy (non-hydrogen) atoms. The first-order chi connectivity index (χ1) is 11.8. The lowest BCUT2D eigenvalue weighted by Crippen LogP contribution is -2.55. The Labute approximate surface area is 145 Å². The Morgan fingerprint density at radius 1 is 1.04 bits per heavy atom. The number of aliphatic hydroxyl groups is 1. The van der Waals surface area contributed by atoms with E-state index in [2.05, 4.69) is 9.80 Å². The summed E-state index contributed by atoms with van der Waals surface area (Å²) < 4.78 is 14.0. The van der Waals surface area contributed by atoms with Crippen molar-refractivity contribution in [2.45, 2.75) is 63.6 Å². The van der Waals surface area contributed by atoms with E-state index < -0.39 is 0 Å². The zero-order valence-corrected chi connectivity index (χ0v) is 14.7. The molecule has 1 atom stereocenters. The van der Waals surface area contributed by atoms with Crippen molar-refractivity contribution in [3.8, 4) is 0 Å². The molecule has 1 heterocycles. The second-order valence-electron chi connectivity index (χ2n) is 7.37. The Bertz CT molecular complexity index is 502. The Morgan fingerprint density at radius 2 is 1.79 bits per heavy atom. The average molecular weight is 334 g/mol. The van der Waals surface area contributed by atoms with Crippen molar-refractivity contribution in [2.24, 2.45) is 0 Å². The molecule has 3 nitrogen and oxygen atoms in total. The SMILES string of the molecule is OCC[C@H]1CN(C2CCCCCC2)CCN1Cc1ccccc1F. The molecule has 0 aromatic heterocycles. The van der Waals surface area contributed by atoms with Gasteiger partial charge in [0.25, 0.3) is 0 Å². The molecule has 1 aromatic rings. The largest absolute Gasteiger partial charge is 0.396 e. The molecule has 0 spiro atoms. The minimum atomic E-state index is -0.119. The van der Waals surface area contributed by atoms with Gasteiger partial charge in [-0.05, 0) is 25.3 Å². The van der Waals surface area contributed by atoms with Crippen molar-refractivity contribution in [2.75, 3.05) is 26.2 Å². The molecule has 1 aliphatic heterocycles. The summed E-state index contributed by atoms with van der Waals surface area (Å²) in [5.74, 6) is -0.119. The van der Waals surface area contributed by atoms with E-state index in [1.54, 1.807) is 6.07 Å². The predicted octanol–water partition coefficient (Wildman–Crippen LogP) is 3.42. The minimum absolute atomic E-state index is 0.119. The van der Waals surface area contributed by atoms with E-state index in [0.717, 1.165) is 31.6 Å². The Morgan fingerprint density at radius 3 is 2.50 bits per heavy atom. The molecule has 4 heteroatoms. The van der Waals surface area contributed by atoms with Gasteiger partial charge in [-0.2, -0.15) is 0 Å². The zero-order chi connectivity index (χ0) is 16.8. The summed E-state index contributed by atoms with van der Waals surface area (Å²) in [5, 5.41) is 9.48. The first-order valence-electron chi connectivity index (χ1n) is 9.60. The second kappa shape index (κ2) is 8.93. The number of benzene rings is 1. The molecular weight excluding hydrogens is 303 g/mol. The number of aliphatic hydroxyl groups excluding tert-OH is 1. The van der Waals surface area contributed by atoms with Gasteiger partial charge in [-0.1, -0.05) is 43.9 Å². The van der Waals surface area contributed by atoms with Crippen molar-refractivity contribution in [3.63, 3.8) is 0 Å². The molecule has 1 N–H and O–H groups in total. The van der Waals surface area contributed by atoms with Gasteiger partial charge < -0.3 is 5.11 Å². The molecule has 2 aliphatic rings. The van der Waals surface area contributed by atoms with E-state index in [4.69, 9.17) is 0 Å². The smallest absolute Gasteiger partial charge is 0.127 e. The van der Waals surface area contributed by atoms with E-state index in [1.165, 1.54) is 44.6 Å². The summed E-state index contributed by atoms with van der Waals surface area (Å²) in [6.45, 7) is 3.91. The predicted molar refractivity (Wildman–Crippen MR) is 95.4 cm³/mol. The lowest BCUT2D eigenvalue weighted by Gasteiger charge is -2.44. The van der Waals surface area contributed by atoms with Crippen LogP contribution in [0.1, 0.15) is 50.5 Å². The Balaban J connectivity index is 1.63. The molecule has 0 bridgehead atoms. The molecule has 2 fully saturated rings. The molecule has 0 amide bonds. The summed E-state index contributed by atoms with van der Waals surface area (Å²) in [6, 6.07) is 8.10. The summed E-state index contributed by atoms with van der Waals surface area (Å²) in [5.41, 5.74) is 0.767. The molecule has 0 unspecified atom stereocenters. The summed E-state index contributed by atoms with van der Waals surface area (Å²) >= 11 is 0. The normalized spacial score (nSPS) is 24.8. The Hall–Kier alpha value is -0.970. The van der Waals surface area contributed by atoms with Gasteiger partial charge in [0.15, 0.2) is 0 Å². The molecule has 0 radical (unpaired) electrons. The van der Waals surface area contributed by atoms with Crippen LogP contribution in [0.3, 0.4) is 0 Å². The topological polar surface area (TPSA) is 26.7 Å². The van der Waals surface area contributed by atoms with Crippen molar-refractivity contribution in [1.82, 2.24) is 9.80 Å². The number of rotatable bonds is 5. The second-order valence-corrected chi connectivity index (χ2v) is 7.37. The van der Waals surface area contributed by atoms with E-state index in [1.807, 2.05) is 12.1 Å². The van der Waals surface area contributed by atoms with Crippen molar-refractivity contribution in [3.05, 3.63) is 35.6 Å². The van der Waals surface area contributed by atoms with Gasteiger partial charge >= 0.3 is 0 Å². The molecule has 1 aromatic carbocycles. The maximum absolute atomic E-state index is 14.0. The van der Waals surface area contributed by atoms with Crippen LogP contribution in [0, 0.1) is 5.82 Å². The number of piperazine rings is 1. The summed E-state index contributed by atoms with van der Waals surface area (Å²) in [4.78, 5) is 5.01. The van der Waals surface area contributed by atoms with Crippen LogP contribution >= 0.6 is 0 Å². The average Bonchev–Trinajstić information content (AvgIpc) is 2.88. The van der Waals surface area contributed by atoms with E-state index in [0.29, 0.717) is 18.6 Å². The van der Waals surface area contributed by atoms with E-state index in [9.17, 15) is 9.50 Å². The standard InChI is InChI=1S/C20H31FN2O/c21-20-10-6-5-7-17(20)15-22-12-13-23(16-19(22)11-14-24)18-8-3-1-2-4-9-18/h5-7,10,18-19,24H,1-4,8-9,11-16H2/t19-/m0/s1. The Kier molecular flexibility index (Phi) is 6.64. The highest BCUT2D eigenvalue weighted by atomic mass is 19.1. The molecule has 3 rings (SSSR count). The third-order valence-electron chi connectivity index (χ3n) is 5.77. The molecular formula is C20H31FN2O.